The molecule has 0 fully saturated rings. The van der Waals surface area contributed by atoms with Gasteiger partial charge < -0.3 is 14.9 Å². The van der Waals surface area contributed by atoms with E-state index in [1.165, 1.54) is 25.3 Å². The molecule has 0 unspecified atom stereocenters. The van der Waals surface area contributed by atoms with Crippen molar-refractivity contribution in [3.63, 3.8) is 0 Å². The number of aromatic nitrogens is 2. The molecule has 0 aliphatic rings. The number of nitrogens with zero attached hydrogens (tertiary/aromatic N) is 2. The summed E-state index contributed by atoms with van der Waals surface area (Å²) >= 11 is 0. The molecule has 0 saturated heterocycles. The van der Waals surface area contributed by atoms with Gasteiger partial charge in [-0.15, -0.1) is 0 Å². The fraction of sp³-hybridized carbons (Fsp3) is 0.0476. The van der Waals surface area contributed by atoms with Gasteiger partial charge >= 0.3 is 0 Å². The Bertz CT molecular complexity index is 1310. The number of sulfonamides is 1. The molecule has 0 atom stereocenters. The van der Waals surface area contributed by atoms with Crippen LogP contribution in [0.25, 0.3) is 16.9 Å². The zero-order chi connectivity index (χ0) is 21.3. The van der Waals surface area contributed by atoms with Crippen LogP contribution in [-0.2, 0) is 10.0 Å². The van der Waals surface area contributed by atoms with Gasteiger partial charge in [0.25, 0.3) is 15.9 Å². The minimum atomic E-state index is -3.93. The van der Waals surface area contributed by atoms with E-state index in [0.717, 1.165) is 16.9 Å². The average molecular weight is 422 g/mol. The van der Waals surface area contributed by atoms with Crippen molar-refractivity contribution in [3.05, 3.63) is 78.6 Å². The zero-order valence-corrected chi connectivity index (χ0v) is 16.8. The van der Waals surface area contributed by atoms with Gasteiger partial charge in [-0.3, -0.25) is 9.52 Å². The number of carbonyl (C=O) groups is 1. The van der Waals surface area contributed by atoms with Gasteiger partial charge in [0.05, 0.1) is 23.3 Å². The molecule has 0 spiro atoms. The molecule has 2 heterocycles. The SMILES string of the molecule is COc1ccc(S(=O)(=O)Nc2ccc(-c3cn4ccccc4n3)cc2)cc1C(N)=O. The molecule has 1 amide bonds. The number of primary amides is 1. The van der Waals surface area contributed by atoms with E-state index < -0.39 is 15.9 Å². The predicted octanol–water partition coefficient (Wildman–Crippen LogP) is 2.91. The van der Waals surface area contributed by atoms with E-state index >= 15 is 0 Å². The minimum absolute atomic E-state index is 0.0115. The molecule has 152 valence electrons. The summed E-state index contributed by atoms with van der Waals surface area (Å²) in [5.41, 5.74) is 8.12. The lowest BCUT2D eigenvalue weighted by atomic mass is 10.1. The largest absolute Gasteiger partial charge is 0.496 e. The van der Waals surface area contributed by atoms with Crippen LogP contribution >= 0.6 is 0 Å². The number of nitrogens with two attached hydrogens (primary N) is 1. The molecule has 3 N–H and O–H groups in total. The maximum absolute atomic E-state index is 12.7. The number of carbonyl (C=O) groups excluding carboxylic acids is 1. The molecule has 30 heavy (non-hydrogen) atoms. The van der Waals surface area contributed by atoms with Crippen LogP contribution in [0.3, 0.4) is 0 Å². The van der Waals surface area contributed by atoms with Crippen molar-refractivity contribution in [1.82, 2.24) is 9.38 Å². The third kappa shape index (κ3) is 3.70. The molecule has 0 aliphatic heterocycles. The Kier molecular flexibility index (Phi) is 4.88. The number of benzene rings is 2. The number of methoxy groups -OCH3 is 1. The van der Waals surface area contributed by atoms with Crippen molar-refractivity contribution in [2.45, 2.75) is 4.90 Å². The van der Waals surface area contributed by atoms with Crippen molar-refractivity contribution in [3.8, 4) is 17.0 Å². The Morgan fingerprint density at radius 3 is 2.53 bits per heavy atom. The van der Waals surface area contributed by atoms with Crippen molar-refractivity contribution < 1.29 is 17.9 Å². The molecule has 4 aromatic rings. The summed E-state index contributed by atoms with van der Waals surface area (Å²) in [7, 11) is -2.55. The quantitative estimate of drug-likeness (QED) is 0.496. The molecule has 0 radical (unpaired) electrons. The number of anilines is 1. The smallest absolute Gasteiger partial charge is 0.261 e. The number of pyridine rings is 1. The number of hydrogen-bond donors (Lipinski definition) is 2. The van der Waals surface area contributed by atoms with Gasteiger partial charge in [0.15, 0.2) is 0 Å². The Hall–Kier alpha value is -3.85. The summed E-state index contributed by atoms with van der Waals surface area (Å²) in [6.07, 6.45) is 3.81. The lowest BCUT2D eigenvalue weighted by Gasteiger charge is -2.11. The number of rotatable bonds is 6. The van der Waals surface area contributed by atoms with E-state index in [-0.39, 0.29) is 16.2 Å². The van der Waals surface area contributed by atoms with Crippen LogP contribution in [0.1, 0.15) is 10.4 Å². The number of fused-ring (bicyclic) bond motifs is 1. The number of amides is 1. The predicted molar refractivity (Wildman–Crippen MR) is 113 cm³/mol. The van der Waals surface area contributed by atoms with Crippen LogP contribution in [0.5, 0.6) is 5.75 Å². The van der Waals surface area contributed by atoms with E-state index in [1.807, 2.05) is 35.0 Å². The first-order valence-electron chi connectivity index (χ1n) is 8.92. The average Bonchev–Trinajstić information content (AvgIpc) is 3.17. The molecule has 2 aromatic carbocycles. The van der Waals surface area contributed by atoms with Gasteiger partial charge in [0.2, 0.25) is 0 Å². The number of hydrogen-bond acceptors (Lipinski definition) is 5. The summed E-state index contributed by atoms with van der Waals surface area (Å²) < 4.78 is 34.9. The molecule has 0 bridgehead atoms. The molecule has 0 saturated carbocycles. The molecular formula is C21H18N4O4S. The summed E-state index contributed by atoms with van der Waals surface area (Å²) in [4.78, 5) is 16.0. The number of ether oxygens (including phenoxy) is 1. The normalized spacial score (nSPS) is 11.4. The third-order valence-corrected chi connectivity index (χ3v) is 5.92. The second-order valence-electron chi connectivity index (χ2n) is 6.50. The molecule has 0 aliphatic carbocycles. The summed E-state index contributed by atoms with van der Waals surface area (Å²) in [5.74, 6) is -0.570. The summed E-state index contributed by atoms with van der Waals surface area (Å²) in [6.45, 7) is 0. The van der Waals surface area contributed by atoms with E-state index in [2.05, 4.69) is 9.71 Å². The lowest BCUT2D eigenvalue weighted by molar-refractivity contribution is 0.0997. The Morgan fingerprint density at radius 2 is 1.87 bits per heavy atom. The fourth-order valence-corrected chi connectivity index (χ4v) is 4.13. The first kappa shape index (κ1) is 19.5. The minimum Gasteiger partial charge on any atom is -0.496 e. The fourth-order valence-electron chi connectivity index (χ4n) is 3.04. The maximum Gasteiger partial charge on any atom is 0.261 e. The van der Waals surface area contributed by atoms with Crippen molar-refractivity contribution in [1.29, 1.82) is 0 Å². The first-order chi connectivity index (χ1) is 14.4. The Labute approximate surface area is 173 Å². The highest BCUT2D eigenvalue weighted by atomic mass is 32.2. The van der Waals surface area contributed by atoms with Crippen LogP contribution in [0.2, 0.25) is 0 Å². The van der Waals surface area contributed by atoms with Crippen LogP contribution in [0.4, 0.5) is 5.69 Å². The first-order valence-corrected chi connectivity index (χ1v) is 10.4. The zero-order valence-electron chi connectivity index (χ0n) is 15.9. The second-order valence-corrected chi connectivity index (χ2v) is 8.18. The van der Waals surface area contributed by atoms with Gasteiger partial charge in [-0.25, -0.2) is 13.4 Å². The van der Waals surface area contributed by atoms with Crippen molar-refractivity contribution in [2.75, 3.05) is 11.8 Å². The Balaban J connectivity index is 1.59. The molecule has 9 heteroatoms. The lowest BCUT2D eigenvalue weighted by Crippen LogP contribution is -2.16. The van der Waals surface area contributed by atoms with Crippen LogP contribution < -0.4 is 15.2 Å². The standard InChI is InChI=1S/C21H18N4O4S/c1-29-19-10-9-16(12-17(19)21(22)26)30(27,28)24-15-7-5-14(6-8-15)18-13-25-11-3-2-4-20(25)23-18/h2-13,24H,1H3,(H2,22,26). The monoisotopic (exact) mass is 422 g/mol. The van der Waals surface area contributed by atoms with Crippen molar-refractivity contribution >= 4 is 27.3 Å². The van der Waals surface area contributed by atoms with Gasteiger partial charge in [-0.2, -0.15) is 0 Å². The summed E-state index contributed by atoms with van der Waals surface area (Å²) in [6, 6.07) is 16.5. The van der Waals surface area contributed by atoms with Crippen molar-refractivity contribution in [2.24, 2.45) is 5.73 Å². The number of imidazole rings is 1. The van der Waals surface area contributed by atoms with E-state index in [1.54, 1.807) is 24.3 Å². The van der Waals surface area contributed by atoms with Crippen LogP contribution in [0, 0.1) is 0 Å². The van der Waals surface area contributed by atoms with Gasteiger partial charge in [-0.1, -0.05) is 18.2 Å². The maximum atomic E-state index is 12.7. The molecular weight excluding hydrogens is 404 g/mol. The highest BCUT2D eigenvalue weighted by molar-refractivity contribution is 7.92. The van der Waals surface area contributed by atoms with E-state index in [4.69, 9.17) is 10.5 Å². The van der Waals surface area contributed by atoms with Crippen LogP contribution in [0.15, 0.2) is 78.0 Å². The Morgan fingerprint density at radius 1 is 1.10 bits per heavy atom. The molecule has 2 aromatic heterocycles. The summed E-state index contributed by atoms with van der Waals surface area (Å²) in [5, 5.41) is 0. The van der Waals surface area contributed by atoms with E-state index in [9.17, 15) is 13.2 Å². The second kappa shape index (κ2) is 7.53. The molecule has 8 nitrogen and oxygen atoms in total. The third-order valence-electron chi connectivity index (χ3n) is 4.54. The molecule has 4 rings (SSSR count). The number of nitrogens with one attached hydrogen (secondary N) is 1. The highest BCUT2D eigenvalue weighted by Gasteiger charge is 2.19. The van der Waals surface area contributed by atoms with Gasteiger partial charge in [0.1, 0.15) is 11.4 Å². The topological polar surface area (TPSA) is 116 Å². The van der Waals surface area contributed by atoms with Gasteiger partial charge in [0, 0.05) is 23.6 Å². The van der Waals surface area contributed by atoms with Gasteiger partial charge in [-0.05, 0) is 42.5 Å². The van der Waals surface area contributed by atoms with E-state index in [0.29, 0.717) is 5.69 Å². The highest BCUT2D eigenvalue weighted by Crippen LogP contribution is 2.25. The van der Waals surface area contributed by atoms with Crippen LogP contribution in [-0.4, -0.2) is 30.8 Å².